The number of unbranched alkanes of at least 4 members (excludes halogenated alkanes) is 3. The third kappa shape index (κ3) is 4.36. The van der Waals surface area contributed by atoms with Gasteiger partial charge in [-0.3, -0.25) is 0 Å². The van der Waals surface area contributed by atoms with Gasteiger partial charge in [0.25, 0.3) is 0 Å². The van der Waals surface area contributed by atoms with Crippen molar-refractivity contribution in [3.05, 3.63) is 59.7 Å². The lowest BCUT2D eigenvalue weighted by Crippen LogP contribution is -2.04. The standard InChI is InChI=1S/C19H21F3/c1-2-3-4-5-8-15-9-6-7-10-18(15)16-11-13-17(14-12-16)19(20,21)22/h6-7,9-14H,2-5,8H2,1H3. The highest BCUT2D eigenvalue weighted by atomic mass is 19.4. The van der Waals surface area contributed by atoms with E-state index in [2.05, 4.69) is 13.0 Å². The lowest BCUT2D eigenvalue weighted by atomic mass is 9.95. The molecule has 0 unspecified atom stereocenters. The van der Waals surface area contributed by atoms with Crippen molar-refractivity contribution in [2.24, 2.45) is 0 Å². The van der Waals surface area contributed by atoms with Gasteiger partial charge in [0.1, 0.15) is 0 Å². The van der Waals surface area contributed by atoms with Gasteiger partial charge in [0, 0.05) is 0 Å². The Hall–Kier alpha value is -1.77. The van der Waals surface area contributed by atoms with E-state index >= 15 is 0 Å². The molecular formula is C19H21F3. The van der Waals surface area contributed by atoms with Crippen molar-refractivity contribution in [2.45, 2.75) is 45.2 Å². The summed E-state index contributed by atoms with van der Waals surface area (Å²) in [6, 6.07) is 13.4. The molecule has 0 aliphatic carbocycles. The van der Waals surface area contributed by atoms with Crippen LogP contribution in [0.2, 0.25) is 0 Å². The molecule has 22 heavy (non-hydrogen) atoms. The van der Waals surface area contributed by atoms with Crippen LogP contribution in [0.1, 0.15) is 43.7 Å². The number of hydrogen-bond donors (Lipinski definition) is 0. The number of rotatable bonds is 6. The van der Waals surface area contributed by atoms with E-state index < -0.39 is 11.7 Å². The first-order chi connectivity index (χ1) is 10.5. The summed E-state index contributed by atoms with van der Waals surface area (Å²) in [5.74, 6) is 0. The molecule has 0 aromatic heterocycles. The molecule has 0 aliphatic rings. The van der Waals surface area contributed by atoms with E-state index in [4.69, 9.17) is 0 Å². The summed E-state index contributed by atoms with van der Waals surface area (Å²) in [7, 11) is 0. The maximum Gasteiger partial charge on any atom is 0.416 e. The van der Waals surface area contributed by atoms with Gasteiger partial charge in [-0.25, -0.2) is 0 Å². The summed E-state index contributed by atoms with van der Waals surface area (Å²) >= 11 is 0. The van der Waals surface area contributed by atoms with Crippen LogP contribution in [0.5, 0.6) is 0 Å². The first-order valence-electron chi connectivity index (χ1n) is 7.78. The van der Waals surface area contributed by atoms with Crippen molar-refractivity contribution in [3.8, 4) is 11.1 Å². The Kier molecular flexibility index (Phi) is 5.64. The summed E-state index contributed by atoms with van der Waals surface area (Å²) in [6.07, 6.45) is 1.42. The number of benzene rings is 2. The van der Waals surface area contributed by atoms with Gasteiger partial charge in [0.15, 0.2) is 0 Å². The molecule has 0 aliphatic heterocycles. The monoisotopic (exact) mass is 306 g/mol. The topological polar surface area (TPSA) is 0 Å². The van der Waals surface area contributed by atoms with Gasteiger partial charge in [0.2, 0.25) is 0 Å². The number of hydrogen-bond acceptors (Lipinski definition) is 0. The molecule has 0 N–H and O–H groups in total. The van der Waals surface area contributed by atoms with E-state index in [9.17, 15) is 13.2 Å². The van der Waals surface area contributed by atoms with Gasteiger partial charge >= 0.3 is 6.18 Å². The molecule has 0 fully saturated rings. The van der Waals surface area contributed by atoms with Crippen molar-refractivity contribution >= 4 is 0 Å². The zero-order chi connectivity index (χ0) is 16.0. The number of halogens is 3. The first-order valence-corrected chi connectivity index (χ1v) is 7.78. The third-order valence-corrected chi connectivity index (χ3v) is 3.84. The Balaban J connectivity index is 2.18. The summed E-state index contributed by atoms with van der Waals surface area (Å²) in [6.45, 7) is 2.18. The molecule has 0 saturated carbocycles. The van der Waals surface area contributed by atoms with Gasteiger partial charge in [-0.15, -0.1) is 0 Å². The van der Waals surface area contributed by atoms with Crippen molar-refractivity contribution in [1.29, 1.82) is 0 Å². The predicted molar refractivity (Wildman–Crippen MR) is 84.7 cm³/mol. The van der Waals surface area contributed by atoms with Crippen LogP contribution in [-0.2, 0) is 12.6 Å². The van der Waals surface area contributed by atoms with E-state index in [0.717, 1.165) is 36.1 Å². The largest absolute Gasteiger partial charge is 0.416 e. The van der Waals surface area contributed by atoms with E-state index in [-0.39, 0.29) is 0 Å². The smallest absolute Gasteiger partial charge is 0.166 e. The van der Waals surface area contributed by atoms with Gasteiger partial charge in [0.05, 0.1) is 5.56 Å². The Bertz CT molecular complexity index is 582. The quantitative estimate of drug-likeness (QED) is 0.535. The molecule has 0 bridgehead atoms. The molecule has 0 atom stereocenters. The lowest BCUT2D eigenvalue weighted by Gasteiger charge is -2.11. The average molecular weight is 306 g/mol. The average Bonchev–Trinajstić information content (AvgIpc) is 2.51. The fourth-order valence-corrected chi connectivity index (χ4v) is 2.60. The normalized spacial score (nSPS) is 11.6. The minimum Gasteiger partial charge on any atom is -0.166 e. The molecule has 0 radical (unpaired) electrons. The molecule has 0 nitrogen and oxygen atoms in total. The Morgan fingerprint density at radius 3 is 2.14 bits per heavy atom. The molecule has 0 saturated heterocycles. The Labute approximate surface area is 130 Å². The third-order valence-electron chi connectivity index (χ3n) is 3.84. The second-order valence-electron chi connectivity index (χ2n) is 5.54. The van der Waals surface area contributed by atoms with E-state index in [0.29, 0.717) is 0 Å². The Morgan fingerprint density at radius 1 is 0.818 bits per heavy atom. The van der Waals surface area contributed by atoms with Crippen LogP contribution in [0.3, 0.4) is 0 Å². The van der Waals surface area contributed by atoms with E-state index in [1.807, 2.05) is 18.2 Å². The van der Waals surface area contributed by atoms with E-state index in [1.165, 1.54) is 24.8 Å². The van der Waals surface area contributed by atoms with Crippen LogP contribution >= 0.6 is 0 Å². The highest BCUT2D eigenvalue weighted by molar-refractivity contribution is 5.67. The fourth-order valence-electron chi connectivity index (χ4n) is 2.60. The summed E-state index contributed by atoms with van der Waals surface area (Å²) < 4.78 is 37.9. The molecule has 3 heteroatoms. The van der Waals surface area contributed by atoms with Gasteiger partial charge < -0.3 is 0 Å². The van der Waals surface area contributed by atoms with Crippen molar-refractivity contribution in [3.63, 3.8) is 0 Å². The van der Waals surface area contributed by atoms with Crippen molar-refractivity contribution in [1.82, 2.24) is 0 Å². The van der Waals surface area contributed by atoms with Gasteiger partial charge in [-0.05, 0) is 41.7 Å². The number of aryl methyl sites for hydroxylation is 1. The van der Waals surface area contributed by atoms with Crippen molar-refractivity contribution in [2.75, 3.05) is 0 Å². The number of alkyl halides is 3. The molecular weight excluding hydrogens is 285 g/mol. The fraction of sp³-hybridized carbons (Fsp3) is 0.368. The molecule has 0 amide bonds. The maximum absolute atomic E-state index is 12.6. The summed E-state index contributed by atoms with van der Waals surface area (Å²) in [5, 5.41) is 0. The SMILES string of the molecule is CCCCCCc1ccccc1-c1ccc(C(F)(F)F)cc1. The van der Waals surface area contributed by atoms with Crippen LogP contribution in [0.15, 0.2) is 48.5 Å². The molecule has 2 aromatic carbocycles. The zero-order valence-electron chi connectivity index (χ0n) is 12.8. The van der Waals surface area contributed by atoms with Crippen LogP contribution in [0, 0.1) is 0 Å². The van der Waals surface area contributed by atoms with E-state index in [1.54, 1.807) is 12.1 Å². The molecule has 0 spiro atoms. The van der Waals surface area contributed by atoms with Crippen LogP contribution < -0.4 is 0 Å². The minimum absolute atomic E-state index is 0.600. The van der Waals surface area contributed by atoms with Gasteiger partial charge in [-0.1, -0.05) is 62.6 Å². The first kappa shape index (κ1) is 16.6. The highest BCUT2D eigenvalue weighted by Gasteiger charge is 2.29. The highest BCUT2D eigenvalue weighted by Crippen LogP contribution is 2.32. The second kappa shape index (κ2) is 7.48. The minimum atomic E-state index is -4.28. The Morgan fingerprint density at radius 2 is 1.50 bits per heavy atom. The molecule has 0 heterocycles. The second-order valence-corrected chi connectivity index (χ2v) is 5.54. The molecule has 2 rings (SSSR count). The van der Waals surface area contributed by atoms with Crippen molar-refractivity contribution < 1.29 is 13.2 Å². The summed E-state index contributed by atoms with van der Waals surface area (Å²) in [5.41, 5.74) is 2.49. The van der Waals surface area contributed by atoms with Gasteiger partial charge in [-0.2, -0.15) is 13.2 Å². The van der Waals surface area contributed by atoms with Crippen LogP contribution in [0.4, 0.5) is 13.2 Å². The molecule has 2 aromatic rings. The zero-order valence-corrected chi connectivity index (χ0v) is 12.8. The molecule has 118 valence electrons. The lowest BCUT2D eigenvalue weighted by molar-refractivity contribution is -0.137. The van der Waals surface area contributed by atoms with Crippen LogP contribution in [-0.4, -0.2) is 0 Å². The summed E-state index contributed by atoms with van der Waals surface area (Å²) in [4.78, 5) is 0. The predicted octanol–water partition coefficient (Wildman–Crippen LogP) is 6.50. The van der Waals surface area contributed by atoms with Crippen LogP contribution in [0.25, 0.3) is 11.1 Å². The maximum atomic E-state index is 12.6.